The molecule has 0 fully saturated rings. The monoisotopic (exact) mass is 358 g/mol. The van der Waals surface area contributed by atoms with E-state index in [0.29, 0.717) is 0 Å². The zero-order chi connectivity index (χ0) is 19.8. The molecular formula is C25H30N2. The summed E-state index contributed by atoms with van der Waals surface area (Å²) in [6.45, 7) is 15.6. The Morgan fingerprint density at radius 3 is 1.22 bits per heavy atom. The van der Waals surface area contributed by atoms with Crippen molar-refractivity contribution in [3.05, 3.63) is 108 Å². The van der Waals surface area contributed by atoms with Crippen molar-refractivity contribution >= 4 is 11.4 Å². The summed E-state index contributed by atoms with van der Waals surface area (Å²) in [4.78, 5) is 0. The molecule has 0 aliphatic rings. The molecule has 0 saturated carbocycles. The number of benzene rings is 2. The Morgan fingerprint density at radius 2 is 0.889 bits per heavy atom. The largest absolute Gasteiger partial charge is 0.398 e. The number of nitrogens with two attached hydrogens (primary N) is 2. The van der Waals surface area contributed by atoms with Crippen LogP contribution in [-0.4, -0.2) is 0 Å². The van der Waals surface area contributed by atoms with Gasteiger partial charge >= 0.3 is 0 Å². The van der Waals surface area contributed by atoms with Gasteiger partial charge in [0.05, 0.1) is 0 Å². The van der Waals surface area contributed by atoms with Crippen molar-refractivity contribution in [3.63, 3.8) is 0 Å². The van der Waals surface area contributed by atoms with Crippen LogP contribution in [0, 0.1) is 0 Å². The molecule has 0 radical (unpaired) electrons. The Labute approximate surface area is 163 Å². The van der Waals surface area contributed by atoms with Crippen LogP contribution < -0.4 is 11.5 Å². The van der Waals surface area contributed by atoms with Crippen LogP contribution in [-0.2, 0) is 32.1 Å². The first-order chi connectivity index (χ1) is 13.1. The molecule has 0 saturated heterocycles. The molecule has 0 aliphatic carbocycles. The van der Waals surface area contributed by atoms with E-state index in [0.717, 1.165) is 54.6 Å². The molecule has 2 aromatic rings. The third-order valence-corrected chi connectivity index (χ3v) is 4.90. The van der Waals surface area contributed by atoms with E-state index < -0.39 is 0 Å². The minimum absolute atomic E-state index is 0.756. The fraction of sp³-hybridized carbons (Fsp3) is 0.200. The molecule has 2 nitrogen and oxygen atoms in total. The minimum Gasteiger partial charge on any atom is -0.398 e. The number of hydrogen-bond acceptors (Lipinski definition) is 2. The van der Waals surface area contributed by atoms with Gasteiger partial charge in [0, 0.05) is 11.4 Å². The second-order valence-electron chi connectivity index (χ2n) is 6.69. The van der Waals surface area contributed by atoms with Gasteiger partial charge in [0.2, 0.25) is 0 Å². The van der Waals surface area contributed by atoms with Gasteiger partial charge in [-0.3, -0.25) is 0 Å². The summed E-state index contributed by atoms with van der Waals surface area (Å²) >= 11 is 0. The predicted octanol–water partition coefficient (Wildman–Crippen LogP) is 5.36. The lowest BCUT2D eigenvalue weighted by molar-refractivity contribution is 1.03. The van der Waals surface area contributed by atoms with Crippen LogP contribution >= 0.6 is 0 Å². The molecule has 0 atom stereocenters. The van der Waals surface area contributed by atoms with Gasteiger partial charge in [-0.05, 0) is 77.6 Å². The molecule has 0 spiro atoms. The second-order valence-corrected chi connectivity index (χ2v) is 6.69. The SMILES string of the molecule is C=CCc1c(N)ccc(Cc2ccc(N)c(CC=C)c2CC=C)c1CC=C. The number of rotatable bonds is 10. The minimum atomic E-state index is 0.756. The highest BCUT2D eigenvalue weighted by Gasteiger charge is 2.15. The van der Waals surface area contributed by atoms with E-state index in [9.17, 15) is 0 Å². The Kier molecular flexibility index (Phi) is 7.25. The maximum atomic E-state index is 6.24. The quantitative estimate of drug-likeness (QED) is 0.444. The topological polar surface area (TPSA) is 52.0 Å². The molecule has 0 amide bonds. The molecular weight excluding hydrogens is 328 g/mol. The summed E-state index contributed by atoms with van der Waals surface area (Å²) in [7, 11) is 0. The highest BCUT2D eigenvalue weighted by atomic mass is 14.6. The number of nitrogen functional groups attached to an aromatic ring is 2. The lowest BCUT2D eigenvalue weighted by Crippen LogP contribution is -2.08. The van der Waals surface area contributed by atoms with Crippen LogP contribution in [0.2, 0.25) is 0 Å². The lowest BCUT2D eigenvalue weighted by Gasteiger charge is -2.19. The summed E-state index contributed by atoms with van der Waals surface area (Å²) in [5.41, 5.74) is 21.4. The summed E-state index contributed by atoms with van der Waals surface area (Å²) in [6.07, 6.45) is 11.6. The third-order valence-electron chi connectivity index (χ3n) is 4.90. The lowest BCUT2D eigenvalue weighted by atomic mass is 9.87. The van der Waals surface area contributed by atoms with Crippen LogP contribution in [0.3, 0.4) is 0 Å². The van der Waals surface area contributed by atoms with Gasteiger partial charge in [-0.25, -0.2) is 0 Å². The van der Waals surface area contributed by atoms with Gasteiger partial charge in [0.1, 0.15) is 0 Å². The first-order valence-corrected chi connectivity index (χ1v) is 9.29. The van der Waals surface area contributed by atoms with E-state index in [2.05, 4.69) is 38.4 Å². The van der Waals surface area contributed by atoms with E-state index in [1.807, 2.05) is 36.4 Å². The molecule has 4 N–H and O–H groups in total. The van der Waals surface area contributed by atoms with E-state index in [1.54, 1.807) is 0 Å². The van der Waals surface area contributed by atoms with Gasteiger partial charge in [-0.2, -0.15) is 0 Å². The molecule has 27 heavy (non-hydrogen) atoms. The Hall–Kier alpha value is -3.00. The van der Waals surface area contributed by atoms with E-state index >= 15 is 0 Å². The fourth-order valence-electron chi connectivity index (χ4n) is 3.62. The van der Waals surface area contributed by atoms with Crippen molar-refractivity contribution in [3.8, 4) is 0 Å². The summed E-state index contributed by atoms with van der Waals surface area (Å²) in [5, 5.41) is 0. The Morgan fingerprint density at radius 1 is 0.556 bits per heavy atom. The number of allylic oxidation sites excluding steroid dienone is 4. The zero-order valence-corrected chi connectivity index (χ0v) is 16.1. The van der Waals surface area contributed by atoms with Crippen LogP contribution in [0.1, 0.15) is 33.4 Å². The van der Waals surface area contributed by atoms with Crippen LogP contribution in [0.15, 0.2) is 74.9 Å². The van der Waals surface area contributed by atoms with Gasteiger partial charge in [0.15, 0.2) is 0 Å². The highest BCUT2D eigenvalue weighted by Crippen LogP contribution is 2.29. The van der Waals surface area contributed by atoms with Crippen LogP contribution in [0.5, 0.6) is 0 Å². The smallest absolute Gasteiger partial charge is 0.0352 e. The number of hydrogen-bond donors (Lipinski definition) is 2. The van der Waals surface area contributed by atoms with Crippen molar-refractivity contribution in [1.82, 2.24) is 0 Å². The van der Waals surface area contributed by atoms with Crippen molar-refractivity contribution in [2.75, 3.05) is 11.5 Å². The standard InChI is InChI=1S/C25H30N2/c1-5-9-20-18(13-15-24(26)22(20)11-7-3)17-19-14-16-25(27)23(12-8-4)21(19)10-6-2/h5-8,13-16H,1-4,9-12,17,26-27H2. The van der Waals surface area contributed by atoms with Gasteiger partial charge < -0.3 is 11.5 Å². The van der Waals surface area contributed by atoms with Crippen molar-refractivity contribution in [1.29, 1.82) is 0 Å². The highest BCUT2D eigenvalue weighted by molar-refractivity contribution is 5.59. The third kappa shape index (κ3) is 4.59. The molecule has 2 aromatic carbocycles. The zero-order valence-electron chi connectivity index (χ0n) is 16.1. The predicted molar refractivity (Wildman–Crippen MR) is 120 cm³/mol. The summed E-state index contributed by atoms with van der Waals surface area (Å²) in [5.74, 6) is 0. The van der Waals surface area contributed by atoms with Gasteiger partial charge in [-0.15, -0.1) is 26.3 Å². The Balaban J connectivity index is 2.59. The first-order valence-electron chi connectivity index (χ1n) is 9.29. The normalized spacial score (nSPS) is 10.4. The van der Waals surface area contributed by atoms with E-state index in [4.69, 9.17) is 11.5 Å². The van der Waals surface area contributed by atoms with E-state index in [-0.39, 0.29) is 0 Å². The maximum absolute atomic E-state index is 6.24. The van der Waals surface area contributed by atoms with Crippen molar-refractivity contribution < 1.29 is 0 Å². The number of anilines is 2. The molecule has 140 valence electrons. The van der Waals surface area contributed by atoms with Crippen LogP contribution in [0.25, 0.3) is 0 Å². The second kappa shape index (κ2) is 9.63. The molecule has 0 aromatic heterocycles. The van der Waals surface area contributed by atoms with E-state index in [1.165, 1.54) is 22.3 Å². The molecule has 2 heteroatoms. The first kappa shape index (κ1) is 20.3. The Bertz CT molecular complexity index is 788. The average Bonchev–Trinajstić information content (AvgIpc) is 2.65. The molecule has 0 heterocycles. The van der Waals surface area contributed by atoms with Gasteiger partial charge in [-0.1, -0.05) is 36.4 Å². The van der Waals surface area contributed by atoms with Crippen molar-refractivity contribution in [2.45, 2.75) is 32.1 Å². The summed E-state index contributed by atoms with van der Waals surface area (Å²) < 4.78 is 0. The van der Waals surface area contributed by atoms with Gasteiger partial charge in [0.25, 0.3) is 0 Å². The maximum Gasteiger partial charge on any atom is 0.0352 e. The average molecular weight is 359 g/mol. The van der Waals surface area contributed by atoms with Crippen LogP contribution in [0.4, 0.5) is 11.4 Å². The fourth-order valence-corrected chi connectivity index (χ4v) is 3.62. The molecule has 0 unspecified atom stereocenters. The molecule has 2 rings (SSSR count). The van der Waals surface area contributed by atoms with Crippen molar-refractivity contribution in [2.24, 2.45) is 0 Å². The summed E-state index contributed by atoms with van der Waals surface area (Å²) in [6, 6.07) is 8.25. The molecule has 0 aliphatic heterocycles. The molecule has 0 bridgehead atoms.